The van der Waals surface area contributed by atoms with E-state index in [9.17, 15) is 0 Å². The predicted molar refractivity (Wildman–Crippen MR) is 101 cm³/mol. The molecule has 5 nitrogen and oxygen atoms in total. The Morgan fingerprint density at radius 2 is 2.04 bits per heavy atom. The number of benzene rings is 1. The van der Waals surface area contributed by atoms with Crippen molar-refractivity contribution in [3.8, 4) is 5.75 Å². The molecule has 25 heavy (non-hydrogen) atoms. The van der Waals surface area contributed by atoms with Crippen LogP contribution in [0.25, 0.3) is 0 Å². The second kappa shape index (κ2) is 9.09. The van der Waals surface area contributed by atoms with Crippen LogP contribution in [0.2, 0.25) is 0 Å². The van der Waals surface area contributed by atoms with Crippen LogP contribution in [0.4, 0.5) is 0 Å². The summed E-state index contributed by atoms with van der Waals surface area (Å²) in [5.41, 5.74) is 1.17. The average Bonchev–Trinajstić information content (AvgIpc) is 3.41. The molecule has 0 aliphatic heterocycles. The van der Waals surface area contributed by atoms with Gasteiger partial charge in [0.05, 0.1) is 12.7 Å². The summed E-state index contributed by atoms with van der Waals surface area (Å²) in [6.07, 6.45) is 6.69. The van der Waals surface area contributed by atoms with E-state index in [1.165, 1.54) is 37.7 Å². The first kappa shape index (κ1) is 18.1. The molecule has 0 unspecified atom stereocenters. The fourth-order valence-corrected chi connectivity index (χ4v) is 2.83. The van der Waals surface area contributed by atoms with E-state index in [2.05, 4.69) is 33.4 Å². The lowest BCUT2D eigenvalue weighted by atomic mass is 9.96. The first-order chi connectivity index (χ1) is 12.3. The highest BCUT2D eigenvalue weighted by molar-refractivity contribution is 5.79. The molecule has 2 fully saturated rings. The molecule has 0 spiro atoms. The summed E-state index contributed by atoms with van der Waals surface area (Å²) in [6.45, 7) is 3.20. The normalized spacial score (nSPS) is 17.9. The molecule has 1 aromatic rings. The summed E-state index contributed by atoms with van der Waals surface area (Å²) in [6, 6.07) is 8.28. The molecule has 0 aromatic heterocycles. The van der Waals surface area contributed by atoms with E-state index in [0.717, 1.165) is 37.4 Å². The molecule has 138 valence electrons. The molecule has 5 heteroatoms. The van der Waals surface area contributed by atoms with Crippen LogP contribution in [0.5, 0.6) is 5.75 Å². The Hall–Kier alpha value is -1.75. The molecular weight excluding hydrogens is 314 g/mol. The zero-order valence-electron chi connectivity index (χ0n) is 15.5. The molecule has 0 heterocycles. The van der Waals surface area contributed by atoms with Crippen molar-refractivity contribution in [3.05, 3.63) is 29.8 Å². The molecule has 0 atom stereocenters. The van der Waals surface area contributed by atoms with Crippen molar-refractivity contribution in [2.24, 2.45) is 10.9 Å². The van der Waals surface area contributed by atoms with Crippen LogP contribution in [0.1, 0.15) is 37.7 Å². The largest absolute Gasteiger partial charge is 0.490 e. The van der Waals surface area contributed by atoms with Crippen LogP contribution >= 0.6 is 0 Å². The van der Waals surface area contributed by atoms with Gasteiger partial charge in [0.15, 0.2) is 5.96 Å². The summed E-state index contributed by atoms with van der Waals surface area (Å²) in [5.74, 6) is 2.69. The van der Waals surface area contributed by atoms with E-state index >= 15 is 0 Å². The summed E-state index contributed by atoms with van der Waals surface area (Å²) in [4.78, 5) is 6.50. The summed E-state index contributed by atoms with van der Waals surface area (Å²) >= 11 is 0. The van der Waals surface area contributed by atoms with Gasteiger partial charge in [0, 0.05) is 39.4 Å². The average molecular weight is 345 g/mol. The number of ether oxygens (including phenoxy) is 2. The lowest BCUT2D eigenvalue weighted by molar-refractivity contribution is 0.115. The van der Waals surface area contributed by atoms with Gasteiger partial charge in [0.1, 0.15) is 5.75 Å². The molecule has 0 saturated heterocycles. The minimum Gasteiger partial charge on any atom is -0.490 e. The topological polar surface area (TPSA) is 46.1 Å². The van der Waals surface area contributed by atoms with Crippen molar-refractivity contribution in [2.45, 2.75) is 44.8 Å². The Morgan fingerprint density at radius 3 is 2.72 bits per heavy atom. The van der Waals surface area contributed by atoms with E-state index in [-0.39, 0.29) is 0 Å². The number of hydrogen-bond acceptors (Lipinski definition) is 3. The van der Waals surface area contributed by atoms with E-state index in [1.54, 1.807) is 0 Å². The van der Waals surface area contributed by atoms with Gasteiger partial charge >= 0.3 is 0 Å². The van der Waals surface area contributed by atoms with Gasteiger partial charge in [-0.25, -0.2) is 0 Å². The SMILES string of the molecule is CN=C(NCc1ccccc1OC1CCC1)N(C)CCOCC1CC1. The Morgan fingerprint density at radius 1 is 1.24 bits per heavy atom. The molecular formula is C20H31N3O2. The van der Waals surface area contributed by atoms with Gasteiger partial charge in [-0.05, 0) is 44.1 Å². The van der Waals surface area contributed by atoms with Crippen LogP contribution in [0.3, 0.4) is 0 Å². The van der Waals surface area contributed by atoms with Gasteiger partial charge in [-0.1, -0.05) is 18.2 Å². The maximum absolute atomic E-state index is 6.10. The third kappa shape index (κ3) is 5.63. The van der Waals surface area contributed by atoms with E-state index in [4.69, 9.17) is 9.47 Å². The van der Waals surface area contributed by atoms with Crippen molar-refractivity contribution in [2.75, 3.05) is 33.9 Å². The van der Waals surface area contributed by atoms with Crippen molar-refractivity contribution in [3.63, 3.8) is 0 Å². The van der Waals surface area contributed by atoms with Gasteiger partial charge in [0.2, 0.25) is 0 Å². The molecule has 0 radical (unpaired) electrons. The highest BCUT2D eigenvalue weighted by Crippen LogP contribution is 2.29. The maximum Gasteiger partial charge on any atom is 0.193 e. The summed E-state index contributed by atoms with van der Waals surface area (Å²) in [7, 11) is 3.87. The fraction of sp³-hybridized carbons (Fsp3) is 0.650. The summed E-state index contributed by atoms with van der Waals surface area (Å²) in [5, 5.41) is 3.44. The van der Waals surface area contributed by atoms with E-state index in [1.807, 2.05) is 20.2 Å². The van der Waals surface area contributed by atoms with Crippen LogP contribution in [-0.4, -0.2) is 50.8 Å². The maximum atomic E-state index is 6.10. The van der Waals surface area contributed by atoms with E-state index < -0.39 is 0 Å². The third-order valence-electron chi connectivity index (χ3n) is 4.95. The first-order valence-electron chi connectivity index (χ1n) is 9.50. The fourth-order valence-electron chi connectivity index (χ4n) is 2.83. The molecule has 2 saturated carbocycles. The molecule has 2 aliphatic carbocycles. The van der Waals surface area contributed by atoms with Crippen molar-refractivity contribution < 1.29 is 9.47 Å². The van der Waals surface area contributed by atoms with Gasteiger partial charge in [0.25, 0.3) is 0 Å². The monoisotopic (exact) mass is 345 g/mol. The highest BCUT2D eigenvalue weighted by Gasteiger charge is 2.21. The molecule has 1 aromatic carbocycles. The van der Waals surface area contributed by atoms with Gasteiger partial charge < -0.3 is 19.7 Å². The van der Waals surface area contributed by atoms with Gasteiger partial charge in [-0.3, -0.25) is 4.99 Å². The second-order valence-electron chi connectivity index (χ2n) is 7.12. The Balaban J connectivity index is 1.45. The zero-order chi connectivity index (χ0) is 17.5. The molecule has 1 N–H and O–H groups in total. The van der Waals surface area contributed by atoms with Crippen LogP contribution in [-0.2, 0) is 11.3 Å². The molecule has 0 amide bonds. The van der Waals surface area contributed by atoms with Crippen molar-refractivity contribution in [1.82, 2.24) is 10.2 Å². The number of hydrogen-bond donors (Lipinski definition) is 1. The number of para-hydroxylation sites is 1. The smallest absolute Gasteiger partial charge is 0.193 e. The molecule has 2 aliphatic rings. The third-order valence-corrected chi connectivity index (χ3v) is 4.95. The van der Waals surface area contributed by atoms with Crippen LogP contribution in [0.15, 0.2) is 29.3 Å². The number of nitrogens with zero attached hydrogens (tertiary/aromatic N) is 2. The Labute approximate surface area is 151 Å². The highest BCUT2D eigenvalue weighted by atomic mass is 16.5. The quantitative estimate of drug-likeness (QED) is 0.424. The standard InChI is InChI=1S/C20H31N3O2/c1-21-20(23(2)12-13-24-15-16-10-11-16)22-14-17-6-3-4-9-19(17)25-18-7-5-8-18/h3-4,6,9,16,18H,5,7-8,10-15H2,1-2H3,(H,21,22). The second-order valence-corrected chi connectivity index (χ2v) is 7.12. The lowest BCUT2D eigenvalue weighted by Gasteiger charge is -2.28. The number of rotatable bonds is 9. The van der Waals surface area contributed by atoms with Crippen molar-refractivity contribution in [1.29, 1.82) is 0 Å². The van der Waals surface area contributed by atoms with Gasteiger partial charge in [-0.2, -0.15) is 0 Å². The Kier molecular flexibility index (Phi) is 6.56. The zero-order valence-corrected chi connectivity index (χ0v) is 15.5. The lowest BCUT2D eigenvalue weighted by Crippen LogP contribution is -2.40. The molecule has 3 rings (SSSR count). The first-order valence-corrected chi connectivity index (χ1v) is 9.50. The van der Waals surface area contributed by atoms with Crippen LogP contribution in [0, 0.1) is 5.92 Å². The minimum atomic E-state index is 0.395. The van der Waals surface area contributed by atoms with Gasteiger partial charge in [-0.15, -0.1) is 0 Å². The number of nitrogens with one attached hydrogen (secondary N) is 1. The number of likely N-dealkylation sites (N-methyl/N-ethyl adjacent to an activating group) is 1. The number of aliphatic imine (C=N–C) groups is 1. The summed E-state index contributed by atoms with van der Waals surface area (Å²) < 4.78 is 11.8. The Bertz CT molecular complexity index is 568. The predicted octanol–water partition coefficient (Wildman–Crippen LogP) is 3.05. The van der Waals surface area contributed by atoms with Crippen molar-refractivity contribution >= 4 is 5.96 Å². The minimum absolute atomic E-state index is 0.395. The van der Waals surface area contributed by atoms with E-state index in [0.29, 0.717) is 12.6 Å². The van der Waals surface area contributed by atoms with Crippen LogP contribution < -0.4 is 10.1 Å². The number of guanidine groups is 1. The molecule has 0 bridgehead atoms.